The Morgan fingerprint density at radius 2 is 2.22 bits per heavy atom. The first-order chi connectivity index (χ1) is 8.60. The van der Waals surface area contributed by atoms with Crippen LogP contribution in [-0.4, -0.2) is 32.3 Å². The maximum atomic E-state index is 12.0. The number of para-hydroxylation sites is 1. The minimum Gasteiger partial charge on any atom is -0.491 e. The molecule has 1 rings (SSSR count). The summed E-state index contributed by atoms with van der Waals surface area (Å²) >= 11 is 0. The highest BCUT2D eigenvalue weighted by molar-refractivity contribution is 5.98. The van der Waals surface area contributed by atoms with Gasteiger partial charge in [0.2, 0.25) is 0 Å². The van der Waals surface area contributed by atoms with Crippen LogP contribution in [-0.2, 0) is 4.74 Å². The molecule has 0 saturated carbocycles. The van der Waals surface area contributed by atoms with Crippen molar-refractivity contribution < 1.29 is 14.3 Å². The predicted octanol–water partition coefficient (Wildman–Crippen LogP) is 1.43. The van der Waals surface area contributed by atoms with Crippen LogP contribution in [0.2, 0.25) is 0 Å². The molecule has 0 heterocycles. The summed E-state index contributed by atoms with van der Waals surface area (Å²) < 4.78 is 10.5. The van der Waals surface area contributed by atoms with Gasteiger partial charge in [-0.05, 0) is 26.0 Å². The van der Waals surface area contributed by atoms with Crippen LogP contribution >= 0.6 is 0 Å². The van der Waals surface area contributed by atoms with Gasteiger partial charge in [-0.25, -0.2) is 0 Å². The van der Waals surface area contributed by atoms with Crippen molar-refractivity contribution >= 4 is 11.6 Å². The topological polar surface area (TPSA) is 73.6 Å². The second-order valence-corrected chi connectivity index (χ2v) is 3.91. The Hall–Kier alpha value is -1.75. The monoisotopic (exact) mass is 252 g/mol. The van der Waals surface area contributed by atoms with E-state index in [1.807, 2.05) is 13.8 Å². The molecule has 18 heavy (non-hydrogen) atoms. The van der Waals surface area contributed by atoms with Gasteiger partial charge in [-0.2, -0.15) is 0 Å². The average molecular weight is 252 g/mol. The van der Waals surface area contributed by atoms with Crippen LogP contribution in [0, 0.1) is 0 Å². The van der Waals surface area contributed by atoms with Gasteiger partial charge in [0.1, 0.15) is 0 Å². The summed E-state index contributed by atoms with van der Waals surface area (Å²) in [6, 6.07) is 5.13. The molecule has 3 N–H and O–H groups in total. The minimum absolute atomic E-state index is 0.0365. The van der Waals surface area contributed by atoms with Crippen molar-refractivity contribution in [2.45, 2.75) is 20.0 Å². The highest BCUT2D eigenvalue weighted by Crippen LogP contribution is 2.26. The molecule has 0 radical (unpaired) electrons. The van der Waals surface area contributed by atoms with E-state index in [-0.39, 0.29) is 12.0 Å². The molecule has 0 bridgehead atoms. The maximum Gasteiger partial charge on any atom is 0.255 e. The molecule has 0 aromatic heterocycles. The molecule has 1 amide bonds. The number of benzene rings is 1. The normalized spacial score (nSPS) is 11.9. The van der Waals surface area contributed by atoms with Gasteiger partial charge in [0.25, 0.3) is 5.91 Å². The number of anilines is 1. The number of ether oxygens (including phenoxy) is 2. The van der Waals surface area contributed by atoms with Crippen LogP contribution in [0.15, 0.2) is 18.2 Å². The second-order valence-electron chi connectivity index (χ2n) is 3.91. The molecule has 0 aliphatic rings. The van der Waals surface area contributed by atoms with Gasteiger partial charge < -0.3 is 20.5 Å². The largest absolute Gasteiger partial charge is 0.491 e. The van der Waals surface area contributed by atoms with Gasteiger partial charge in [-0.3, -0.25) is 4.79 Å². The maximum absolute atomic E-state index is 12.0. The van der Waals surface area contributed by atoms with E-state index in [0.29, 0.717) is 30.2 Å². The summed E-state index contributed by atoms with van der Waals surface area (Å²) in [5, 5.41) is 2.78. The average Bonchev–Trinajstić information content (AvgIpc) is 2.38. The molecule has 1 aromatic rings. The van der Waals surface area contributed by atoms with Crippen LogP contribution in [0.4, 0.5) is 5.69 Å². The zero-order valence-electron chi connectivity index (χ0n) is 11.0. The third kappa shape index (κ3) is 3.63. The summed E-state index contributed by atoms with van der Waals surface area (Å²) in [6.45, 7) is 4.63. The highest BCUT2D eigenvalue weighted by atomic mass is 16.5. The first-order valence-corrected chi connectivity index (χ1v) is 5.92. The molecule has 1 atom stereocenters. The molecule has 5 heteroatoms. The lowest BCUT2D eigenvalue weighted by atomic mass is 10.1. The van der Waals surface area contributed by atoms with E-state index in [2.05, 4.69) is 5.32 Å². The Morgan fingerprint density at radius 1 is 1.50 bits per heavy atom. The molecule has 1 aromatic carbocycles. The lowest BCUT2D eigenvalue weighted by Gasteiger charge is -2.14. The Balaban J connectivity index is 2.81. The van der Waals surface area contributed by atoms with Crippen LogP contribution in [0.5, 0.6) is 5.75 Å². The molecule has 0 aliphatic heterocycles. The van der Waals surface area contributed by atoms with Crippen molar-refractivity contribution in [3.63, 3.8) is 0 Å². The molecular formula is C13H20N2O3. The minimum atomic E-state index is -0.213. The van der Waals surface area contributed by atoms with Crippen LogP contribution < -0.4 is 15.8 Å². The van der Waals surface area contributed by atoms with Gasteiger partial charge in [-0.1, -0.05) is 6.07 Å². The number of rotatable bonds is 6. The summed E-state index contributed by atoms with van der Waals surface area (Å²) in [7, 11) is 1.60. The van der Waals surface area contributed by atoms with E-state index >= 15 is 0 Å². The summed E-state index contributed by atoms with van der Waals surface area (Å²) in [5.74, 6) is 0.220. The van der Waals surface area contributed by atoms with Gasteiger partial charge in [0, 0.05) is 13.7 Å². The van der Waals surface area contributed by atoms with E-state index in [4.69, 9.17) is 15.2 Å². The number of hydrogen-bond acceptors (Lipinski definition) is 4. The van der Waals surface area contributed by atoms with Crippen LogP contribution in [0.1, 0.15) is 24.2 Å². The number of amides is 1. The number of hydrogen-bond donors (Lipinski definition) is 2. The number of carbonyl (C=O) groups excluding carboxylic acids is 1. The fourth-order valence-corrected chi connectivity index (χ4v) is 1.45. The lowest BCUT2D eigenvalue weighted by molar-refractivity contribution is 0.0867. The van der Waals surface area contributed by atoms with Crippen molar-refractivity contribution in [2.75, 3.05) is 26.0 Å². The van der Waals surface area contributed by atoms with Crippen molar-refractivity contribution in [3.05, 3.63) is 23.8 Å². The smallest absolute Gasteiger partial charge is 0.255 e. The Kier molecular flexibility index (Phi) is 5.45. The molecule has 0 aliphatic carbocycles. The molecule has 5 nitrogen and oxygen atoms in total. The molecule has 0 spiro atoms. The zero-order chi connectivity index (χ0) is 13.5. The Labute approximate surface area is 107 Å². The molecule has 100 valence electrons. The Morgan fingerprint density at radius 3 is 2.83 bits per heavy atom. The van der Waals surface area contributed by atoms with Gasteiger partial charge >= 0.3 is 0 Å². The van der Waals surface area contributed by atoms with Crippen molar-refractivity contribution in [2.24, 2.45) is 0 Å². The van der Waals surface area contributed by atoms with Gasteiger partial charge in [0.05, 0.1) is 24.0 Å². The fourth-order valence-electron chi connectivity index (χ4n) is 1.45. The molecule has 1 unspecified atom stereocenters. The van der Waals surface area contributed by atoms with Gasteiger partial charge in [-0.15, -0.1) is 0 Å². The highest BCUT2D eigenvalue weighted by Gasteiger charge is 2.15. The van der Waals surface area contributed by atoms with E-state index < -0.39 is 0 Å². The van der Waals surface area contributed by atoms with E-state index in [1.165, 1.54) is 0 Å². The second kappa shape index (κ2) is 6.86. The quantitative estimate of drug-likeness (QED) is 0.751. The van der Waals surface area contributed by atoms with Gasteiger partial charge in [0.15, 0.2) is 5.75 Å². The number of methoxy groups -OCH3 is 1. The zero-order valence-corrected chi connectivity index (χ0v) is 11.0. The lowest BCUT2D eigenvalue weighted by Crippen LogP contribution is -2.31. The predicted molar refractivity (Wildman–Crippen MR) is 70.8 cm³/mol. The van der Waals surface area contributed by atoms with Crippen molar-refractivity contribution in [3.8, 4) is 5.75 Å². The summed E-state index contributed by atoms with van der Waals surface area (Å²) in [5.41, 5.74) is 6.70. The van der Waals surface area contributed by atoms with Crippen LogP contribution in [0.3, 0.4) is 0 Å². The first-order valence-electron chi connectivity index (χ1n) is 5.92. The van der Waals surface area contributed by atoms with E-state index in [0.717, 1.165) is 0 Å². The summed E-state index contributed by atoms with van der Waals surface area (Å²) in [4.78, 5) is 12.0. The Bertz CT molecular complexity index is 407. The molecule has 0 saturated heterocycles. The SMILES string of the molecule is CCOc1c(N)cccc1C(=O)NCC(C)OC. The molecule has 0 fully saturated rings. The van der Waals surface area contributed by atoms with Crippen molar-refractivity contribution in [1.29, 1.82) is 0 Å². The first kappa shape index (κ1) is 14.3. The van der Waals surface area contributed by atoms with E-state index in [1.54, 1.807) is 25.3 Å². The fraction of sp³-hybridized carbons (Fsp3) is 0.462. The number of nitrogens with one attached hydrogen (secondary N) is 1. The van der Waals surface area contributed by atoms with Crippen LogP contribution in [0.25, 0.3) is 0 Å². The van der Waals surface area contributed by atoms with E-state index in [9.17, 15) is 4.79 Å². The number of carbonyl (C=O) groups is 1. The number of nitrogens with two attached hydrogens (primary N) is 1. The standard InChI is InChI=1S/C13H20N2O3/c1-4-18-12-10(6-5-7-11(12)14)13(16)15-8-9(2)17-3/h5-7,9H,4,8,14H2,1-3H3,(H,15,16). The third-order valence-corrected chi connectivity index (χ3v) is 2.53. The summed E-state index contributed by atoms with van der Waals surface area (Å²) in [6.07, 6.45) is -0.0365. The molecular weight excluding hydrogens is 232 g/mol. The number of nitrogen functional groups attached to an aromatic ring is 1. The van der Waals surface area contributed by atoms with Crippen molar-refractivity contribution in [1.82, 2.24) is 5.32 Å². The third-order valence-electron chi connectivity index (χ3n) is 2.53.